The predicted octanol–water partition coefficient (Wildman–Crippen LogP) is 3.01. The van der Waals surface area contributed by atoms with Gasteiger partial charge in [0.1, 0.15) is 5.75 Å². The second kappa shape index (κ2) is 6.38. The normalized spacial score (nSPS) is 10.9. The summed E-state index contributed by atoms with van der Waals surface area (Å²) in [5.74, 6) is 1.81. The van der Waals surface area contributed by atoms with Crippen molar-refractivity contribution in [2.75, 3.05) is 13.7 Å². The van der Waals surface area contributed by atoms with Gasteiger partial charge in [-0.3, -0.25) is 4.90 Å². The lowest BCUT2D eigenvalue weighted by molar-refractivity contribution is 0.266. The van der Waals surface area contributed by atoms with Gasteiger partial charge >= 0.3 is 0 Å². The molecule has 0 atom stereocenters. The summed E-state index contributed by atoms with van der Waals surface area (Å²) in [5, 5.41) is 3.89. The Hall–Kier alpha value is -1.81. The lowest BCUT2D eigenvalue weighted by atomic mass is 10.2. The molecule has 0 aliphatic heterocycles. The zero-order chi connectivity index (χ0) is 13.7. The molecule has 0 unspecified atom stereocenters. The molecule has 19 heavy (non-hydrogen) atoms. The van der Waals surface area contributed by atoms with Crippen LogP contribution in [0, 0.1) is 6.92 Å². The van der Waals surface area contributed by atoms with Crippen molar-refractivity contribution >= 4 is 0 Å². The Morgan fingerprint density at radius 1 is 1.21 bits per heavy atom. The van der Waals surface area contributed by atoms with Crippen LogP contribution in [-0.2, 0) is 13.1 Å². The third-order valence-electron chi connectivity index (χ3n) is 2.79. The Labute approximate surface area is 114 Å². The largest absolute Gasteiger partial charge is 0.494 e. The van der Waals surface area contributed by atoms with Gasteiger partial charge in [-0.1, -0.05) is 17.3 Å². The zero-order valence-corrected chi connectivity index (χ0v) is 11.7. The summed E-state index contributed by atoms with van der Waals surface area (Å²) in [6.45, 7) is 6.24. The number of hydrogen-bond acceptors (Lipinski definition) is 4. The van der Waals surface area contributed by atoms with Crippen LogP contribution in [-0.4, -0.2) is 23.7 Å². The van der Waals surface area contributed by atoms with Crippen LogP contribution in [0.25, 0.3) is 0 Å². The van der Waals surface area contributed by atoms with E-state index in [0.717, 1.165) is 30.3 Å². The fraction of sp³-hybridized carbons (Fsp3) is 0.400. The molecule has 1 aromatic carbocycles. The van der Waals surface area contributed by atoms with Crippen molar-refractivity contribution in [1.29, 1.82) is 0 Å². The number of nitrogens with zero attached hydrogens (tertiary/aromatic N) is 2. The highest BCUT2D eigenvalue weighted by molar-refractivity contribution is 5.27. The average molecular weight is 260 g/mol. The standard InChI is InChI=1S/C15H20N2O2/c1-4-18-14-7-5-13(6-8-14)10-17(3)11-15-9-12(2)16-19-15/h5-9H,4,10-11H2,1-3H3. The lowest BCUT2D eigenvalue weighted by Crippen LogP contribution is -2.16. The molecule has 2 rings (SSSR count). The summed E-state index contributed by atoms with van der Waals surface area (Å²) in [7, 11) is 2.06. The van der Waals surface area contributed by atoms with Crippen molar-refractivity contribution in [3.8, 4) is 5.75 Å². The third kappa shape index (κ3) is 4.10. The van der Waals surface area contributed by atoms with Gasteiger partial charge in [-0.25, -0.2) is 0 Å². The fourth-order valence-corrected chi connectivity index (χ4v) is 1.98. The average Bonchev–Trinajstić information content (AvgIpc) is 2.77. The molecule has 0 saturated heterocycles. The highest BCUT2D eigenvalue weighted by Gasteiger charge is 2.06. The Morgan fingerprint density at radius 2 is 1.95 bits per heavy atom. The molecule has 0 bridgehead atoms. The number of hydrogen-bond donors (Lipinski definition) is 0. The molecular weight excluding hydrogens is 240 g/mol. The summed E-state index contributed by atoms with van der Waals surface area (Å²) < 4.78 is 10.6. The van der Waals surface area contributed by atoms with Crippen LogP contribution in [0.4, 0.5) is 0 Å². The van der Waals surface area contributed by atoms with Crippen molar-refractivity contribution in [3.05, 3.63) is 47.3 Å². The van der Waals surface area contributed by atoms with E-state index < -0.39 is 0 Å². The second-order valence-electron chi connectivity index (χ2n) is 4.68. The summed E-state index contributed by atoms with van der Waals surface area (Å²) in [6, 6.07) is 10.2. The maximum absolute atomic E-state index is 5.43. The van der Waals surface area contributed by atoms with Gasteiger partial charge in [0.2, 0.25) is 0 Å². The van der Waals surface area contributed by atoms with Gasteiger partial charge in [-0.2, -0.15) is 0 Å². The molecule has 0 saturated carbocycles. The minimum atomic E-state index is 0.699. The number of ether oxygens (including phenoxy) is 1. The van der Waals surface area contributed by atoms with Gasteiger partial charge < -0.3 is 9.26 Å². The Balaban J connectivity index is 1.89. The van der Waals surface area contributed by atoms with E-state index in [9.17, 15) is 0 Å². The zero-order valence-electron chi connectivity index (χ0n) is 11.7. The molecule has 0 amide bonds. The number of rotatable bonds is 6. The first-order chi connectivity index (χ1) is 9.17. The molecule has 1 aromatic heterocycles. The van der Waals surface area contributed by atoms with Gasteiger partial charge in [0, 0.05) is 12.6 Å². The predicted molar refractivity (Wildman–Crippen MR) is 74.0 cm³/mol. The number of aromatic nitrogens is 1. The van der Waals surface area contributed by atoms with Gasteiger partial charge in [-0.15, -0.1) is 0 Å². The molecule has 102 valence electrons. The van der Waals surface area contributed by atoms with Crippen LogP contribution >= 0.6 is 0 Å². The second-order valence-corrected chi connectivity index (χ2v) is 4.68. The third-order valence-corrected chi connectivity index (χ3v) is 2.79. The summed E-state index contributed by atoms with van der Waals surface area (Å²) >= 11 is 0. The maximum Gasteiger partial charge on any atom is 0.150 e. The minimum Gasteiger partial charge on any atom is -0.494 e. The Morgan fingerprint density at radius 3 is 2.53 bits per heavy atom. The van der Waals surface area contributed by atoms with Crippen LogP contribution in [0.1, 0.15) is 23.9 Å². The molecule has 4 heteroatoms. The Kier molecular flexibility index (Phi) is 4.58. The lowest BCUT2D eigenvalue weighted by Gasteiger charge is -2.15. The molecule has 0 radical (unpaired) electrons. The van der Waals surface area contributed by atoms with Crippen molar-refractivity contribution in [1.82, 2.24) is 10.1 Å². The molecular formula is C15H20N2O2. The van der Waals surface area contributed by atoms with Crippen LogP contribution in [0.3, 0.4) is 0 Å². The first kappa shape index (κ1) is 13.6. The first-order valence-electron chi connectivity index (χ1n) is 6.50. The quantitative estimate of drug-likeness (QED) is 0.800. The number of benzene rings is 1. The monoisotopic (exact) mass is 260 g/mol. The minimum absolute atomic E-state index is 0.699. The molecule has 0 aliphatic carbocycles. The van der Waals surface area contributed by atoms with E-state index in [1.165, 1.54) is 5.56 Å². The van der Waals surface area contributed by atoms with Crippen molar-refractivity contribution in [2.45, 2.75) is 26.9 Å². The molecule has 2 aromatic rings. The van der Waals surface area contributed by atoms with Crippen LogP contribution in [0.5, 0.6) is 5.75 Å². The van der Waals surface area contributed by atoms with E-state index in [0.29, 0.717) is 6.61 Å². The van der Waals surface area contributed by atoms with Crippen molar-refractivity contribution in [2.24, 2.45) is 0 Å². The summed E-state index contributed by atoms with van der Waals surface area (Å²) in [4.78, 5) is 2.19. The van der Waals surface area contributed by atoms with Crippen LogP contribution in [0.15, 0.2) is 34.9 Å². The van der Waals surface area contributed by atoms with E-state index in [1.807, 2.05) is 32.0 Å². The highest BCUT2D eigenvalue weighted by atomic mass is 16.5. The van der Waals surface area contributed by atoms with Gasteiger partial charge in [-0.05, 0) is 38.6 Å². The maximum atomic E-state index is 5.43. The molecule has 0 N–H and O–H groups in total. The topological polar surface area (TPSA) is 38.5 Å². The van der Waals surface area contributed by atoms with E-state index in [1.54, 1.807) is 0 Å². The fourth-order valence-electron chi connectivity index (χ4n) is 1.98. The summed E-state index contributed by atoms with van der Waals surface area (Å²) in [5.41, 5.74) is 2.17. The van der Waals surface area contributed by atoms with Gasteiger partial charge in [0.25, 0.3) is 0 Å². The summed E-state index contributed by atoms with van der Waals surface area (Å²) in [6.07, 6.45) is 0. The molecule has 0 aliphatic rings. The molecule has 1 heterocycles. The van der Waals surface area contributed by atoms with E-state index >= 15 is 0 Å². The number of aryl methyl sites for hydroxylation is 1. The molecule has 0 fully saturated rings. The molecule has 4 nitrogen and oxygen atoms in total. The van der Waals surface area contributed by atoms with E-state index in [-0.39, 0.29) is 0 Å². The van der Waals surface area contributed by atoms with Crippen molar-refractivity contribution < 1.29 is 9.26 Å². The highest BCUT2D eigenvalue weighted by Crippen LogP contribution is 2.14. The molecule has 0 spiro atoms. The Bertz CT molecular complexity index is 505. The van der Waals surface area contributed by atoms with Crippen LogP contribution < -0.4 is 4.74 Å². The smallest absolute Gasteiger partial charge is 0.150 e. The van der Waals surface area contributed by atoms with Gasteiger partial charge in [0.15, 0.2) is 5.76 Å². The first-order valence-corrected chi connectivity index (χ1v) is 6.50. The SMILES string of the molecule is CCOc1ccc(CN(C)Cc2cc(C)no2)cc1. The van der Waals surface area contributed by atoms with Gasteiger partial charge in [0.05, 0.1) is 18.8 Å². The van der Waals surface area contributed by atoms with E-state index in [2.05, 4.69) is 29.2 Å². The van der Waals surface area contributed by atoms with E-state index in [4.69, 9.17) is 9.26 Å². The van der Waals surface area contributed by atoms with Crippen LogP contribution in [0.2, 0.25) is 0 Å². The van der Waals surface area contributed by atoms with Crippen molar-refractivity contribution in [3.63, 3.8) is 0 Å².